The predicted molar refractivity (Wildman–Crippen MR) is 73.3 cm³/mol. The van der Waals surface area contributed by atoms with Crippen LogP contribution in [0.25, 0.3) is 0 Å². The molecule has 1 aromatic rings. The Labute approximate surface area is 118 Å². The monoisotopic (exact) mass is 281 g/mol. The molecule has 1 fully saturated rings. The van der Waals surface area contributed by atoms with E-state index >= 15 is 0 Å². The molecule has 0 aromatic heterocycles. The standard InChI is InChI=1S/C15H20FNO3/c1-14(2)8-17(9-15(14,3)19)13(18)11-7-10(16)5-6-12(11)20-4/h5-7,19H,8-9H2,1-4H3/t15-/m0/s1. The van der Waals surface area contributed by atoms with Crippen LogP contribution < -0.4 is 4.74 Å². The van der Waals surface area contributed by atoms with E-state index in [-0.39, 0.29) is 18.0 Å². The summed E-state index contributed by atoms with van der Waals surface area (Å²) in [6.07, 6.45) is 0. The van der Waals surface area contributed by atoms with Gasteiger partial charge in [-0.05, 0) is 25.1 Å². The Morgan fingerprint density at radius 1 is 1.35 bits per heavy atom. The van der Waals surface area contributed by atoms with Gasteiger partial charge in [0.2, 0.25) is 0 Å². The Bertz CT molecular complexity index is 524. The van der Waals surface area contributed by atoms with Crippen LogP contribution in [0.4, 0.5) is 4.39 Å². The number of amides is 1. The molecule has 4 nitrogen and oxygen atoms in total. The SMILES string of the molecule is COc1ccc(F)cc1C(=O)N1CC(C)(C)[C@@](C)(O)C1. The van der Waals surface area contributed by atoms with Gasteiger partial charge in [-0.2, -0.15) is 0 Å². The first-order valence-electron chi connectivity index (χ1n) is 6.53. The zero-order chi connectivity index (χ0) is 15.1. The molecule has 1 atom stereocenters. The van der Waals surface area contributed by atoms with Gasteiger partial charge in [0.1, 0.15) is 11.6 Å². The molecule has 20 heavy (non-hydrogen) atoms. The van der Waals surface area contributed by atoms with Gasteiger partial charge in [0.25, 0.3) is 5.91 Å². The third-order valence-electron chi connectivity index (χ3n) is 4.22. The molecule has 1 aromatic carbocycles. The summed E-state index contributed by atoms with van der Waals surface area (Å²) in [6, 6.07) is 3.85. The predicted octanol–water partition coefficient (Wildman–Crippen LogP) is 2.07. The Morgan fingerprint density at radius 2 is 2.00 bits per heavy atom. The van der Waals surface area contributed by atoms with E-state index < -0.39 is 16.8 Å². The van der Waals surface area contributed by atoms with Crippen molar-refractivity contribution in [1.82, 2.24) is 4.90 Å². The average molecular weight is 281 g/mol. The van der Waals surface area contributed by atoms with E-state index in [2.05, 4.69) is 0 Å². The zero-order valence-corrected chi connectivity index (χ0v) is 12.2. The van der Waals surface area contributed by atoms with Crippen molar-refractivity contribution < 1.29 is 19.0 Å². The second-order valence-electron chi connectivity index (χ2n) is 6.16. The summed E-state index contributed by atoms with van der Waals surface area (Å²) in [6.45, 7) is 6.16. The molecule has 1 aliphatic heterocycles. The van der Waals surface area contributed by atoms with Gasteiger partial charge < -0.3 is 14.7 Å². The van der Waals surface area contributed by atoms with Gasteiger partial charge in [0.15, 0.2) is 0 Å². The number of nitrogens with zero attached hydrogens (tertiary/aromatic N) is 1. The summed E-state index contributed by atoms with van der Waals surface area (Å²) in [5.74, 6) is -0.479. The lowest BCUT2D eigenvalue weighted by molar-refractivity contribution is -0.0108. The minimum Gasteiger partial charge on any atom is -0.496 e. The number of aliphatic hydroxyl groups is 1. The molecule has 1 N–H and O–H groups in total. The first-order valence-corrected chi connectivity index (χ1v) is 6.53. The van der Waals surface area contributed by atoms with Crippen molar-refractivity contribution in [3.8, 4) is 5.75 Å². The number of likely N-dealkylation sites (tertiary alicyclic amines) is 1. The van der Waals surface area contributed by atoms with Crippen molar-refractivity contribution in [1.29, 1.82) is 0 Å². The maximum atomic E-state index is 13.4. The maximum Gasteiger partial charge on any atom is 0.257 e. The molecule has 1 aliphatic rings. The van der Waals surface area contributed by atoms with Crippen LogP contribution in [-0.2, 0) is 0 Å². The van der Waals surface area contributed by atoms with E-state index in [0.29, 0.717) is 12.3 Å². The first-order chi connectivity index (χ1) is 9.18. The van der Waals surface area contributed by atoms with Crippen LogP contribution in [0.5, 0.6) is 5.75 Å². The summed E-state index contributed by atoms with van der Waals surface area (Å²) < 4.78 is 18.5. The van der Waals surface area contributed by atoms with Gasteiger partial charge in [-0.15, -0.1) is 0 Å². The molecule has 1 amide bonds. The largest absolute Gasteiger partial charge is 0.496 e. The number of carbonyl (C=O) groups is 1. The molecular formula is C15H20FNO3. The fourth-order valence-electron chi connectivity index (χ4n) is 2.45. The molecule has 0 bridgehead atoms. The number of rotatable bonds is 2. The van der Waals surface area contributed by atoms with Crippen LogP contribution in [0.1, 0.15) is 31.1 Å². The van der Waals surface area contributed by atoms with Crippen LogP contribution in [0.15, 0.2) is 18.2 Å². The number of carbonyl (C=O) groups excluding carboxylic acids is 1. The van der Waals surface area contributed by atoms with Gasteiger partial charge in [-0.3, -0.25) is 4.79 Å². The molecule has 5 heteroatoms. The lowest BCUT2D eigenvalue weighted by Crippen LogP contribution is -2.40. The normalized spacial score (nSPS) is 24.8. The second-order valence-corrected chi connectivity index (χ2v) is 6.16. The molecule has 0 radical (unpaired) electrons. The lowest BCUT2D eigenvalue weighted by Gasteiger charge is -2.30. The fourth-order valence-corrected chi connectivity index (χ4v) is 2.45. The van der Waals surface area contributed by atoms with Crippen molar-refractivity contribution in [3.63, 3.8) is 0 Å². The minimum absolute atomic E-state index is 0.181. The van der Waals surface area contributed by atoms with Crippen molar-refractivity contribution in [2.75, 3.05) is 20.2 Å². The number of methoxy groups -OCH3 is 1. The molecule has 0 saturated carbocycles. The van der Waals surface area contributed by atoms with Gasteiger partial charge in [0.05, 0.1) is 24.8 Å². The van der Waals surface area contributed by atoms with Crippen LogP contribution in [0, 0.1) is 11.2 Å². The Kier molecular flexibility index (Phi) is 3.50. The van der Waals surface area contributed by atoms with Gasteiger partial charge in [-0.25, -0.2) is 4.39 Å². The smallest absolute Gasteiger partial charge is 0.257 e. The number of benzene rings is 1. The van der Waals surface area contributed by atoms with Gasteiger partial charge >= 0.3 is 0 Å². The average Bonchev–Trinajstić information content (AvgIpc) is 2.57. The van der Waals surface area contributed by atoms with Crippen LogP contribution in [-0.4, -0.2) is 41.7 Å². The topological polar surface area (TPSA) is 49.8 Å². The number of halogens is 1. The van der Waals surface area contributed by atoms with Crippen molar-refractivity contribution in [2.24, 2.45) is 5.41 Å². The quantitative estimate of drug-likeness (QED) is 0.903. The summed E-state index contributed by atoms with van der Waals surface area (Å²) >= 11 is 0. The number of hydrogen-bond acceptors (Lipinski definition) is 3. The summed E-state index contributed by atoms with van der Waals surface area (Å²) in [4.78, 5) is 14.1. The van der Waals surface area contributed by atoms with Crippen molar-refractivity contribution in [3.05, 3.63) is 29.6 Å². The molecule has 0 unspecified atom stereocenters. The van der Waals surface area contributed by atoms with Gasteiger partial charge in [-0.1, -0.05) is 13.8 Å². The van der Waals surface area contributed by atoms with E-state index in [0.717, 1.165) is 0 Å². The minimum atomic E-state index is -0.969. The number of hydrogen-bond donors (Lipinski definition) is 1. The summed E-state index contributed by atoms with van der Waals surface area (Å²) in [5, 5.41) is 10.4. The third kappa shape index (κ3) is 2.38. The number of ether oxygens (including phenoxy) is 1. The van der Waals surface area contributed by atoms with Crippen molar-refractivity contribution in [2.45, 2.75) is 26.4 Å². The lowest BCUT2D eigenvalue weighted by atomic mass is 9.79. The zero-order valence-electron chi connectivity index (χ0n) is 12.2. The number of β-amino-alcohol motifs (C(OH)–C–C–N with tert-alkyl or cyclic N) is 1. The second kappa shape index (κ2) is 4.74. The van der Waals surface area contributed by atoms with E-state index in [1.54, 1.807) is 6.92 Å². The van der Waals surface area contributed by atoms with E-state index in [9.17, 15) is 14.3 Å². The molecule has 0 spiro atoms. The molecule has 2 rings (SSSR count). The Hall–Kier alpha value is -1.62. The van der Waals surface area contributed by atoms with Crippen LogP contribution in [0.2, 0.25) is 0 Å². The van der Waals surface area contributed by atoms with Crippen LogP contribution in [0.3, 0.4) is 0 Å². The highest BCUT2D eigenvalue weighted by molar-refractivity contribution is 5.97. The van der Waals surface area contributed by atoms with Crippen molar-refractivity contribution >= 4 is 5.91 Å². The highest BCUT2D eigenvalue weighted by Crippen LogP contribution is 2.39. The molecule has 110 valence electrons. The van der Waals surface area contributed by atoms with E-state index in [1.807, 2.05) is 13.8 Å². The first kappa shape index (κ1) is 14.8. The fraction of sp³-hybridized carbons (Fsp3) is 0.533. The summed E-state index contributed by atoms with van der Waals surface area (Å²) in [5.41, 5.74) is -1.20. The van der Waals surface area contributed by atoms with E-state index in [4.69, 9.17) is 4.74 Å². The van der Waals surface area contributed by atoms with Gasteiger partial charge in [0, 0.05) is 12.0 Å². The van der Waals surface area contributed by atoms with Crippen LogP contribution >= 0.6 is 0 Å². The third-order valence-corrected chi connectivity index (χ3v) is 4.22. The molecule has 1 saturated heterocycles. The highest BCUT2D eigenvalue weighted by Gasteiger charge is 2.49. The molecular weight excluding hydrogens is 261 g/mol. The molecule has 0 aliphatic carbocycles. The molecule has 1 heterocycles. The highest BCUT2D eigenvalue weighted by atomic mass is 19.1. The Morgan fingerprint density at radius 3 is 2.50 bits per heavy atom. The Balaban J connectivity index is 2.32. The summed E-state index contributed by atoms with van der Waals surface area (Å²) in [7, 11) is 1.44. The van der Waals surface area contributed by atoms with E-state index in [1.165, 1.54) is 30.2 Å². The maximum absolute atomic E-state index is 13.4.